The monoisotopic (exact) mass is 451 g/mol. The van der Waals surface area contributed by atoms with Crippen molar-refractivity contribution in [3.63, 3.8) is 0 Å². The van der Waals surface area contributed by atoms with Crippen LogP contribution in [0.1, 0.15) is 20.3 Å². The number of piperidine rings is 1. The van der Waals surface area contributed by atoms with Gasteiger partial charge in [-0.3, -0.25) is 4.72 Å². The van der Waals surface area contributed by atoms with E-state index in [1.807, 2.05) is 12.1 Å². The van der Waals surface area contributed by atoms with E-state index in [1.165, 1.54) is 38.4 Å². The van der Waals surface area contributed by atoms with Crippen LogP contribution in [0.4, 0.5) is 11.4 Å². The molecular formula is C21H29N3O4S2. The van der Waals surface area contributed by atoms with Gasteiger partial charge in [0.05, 0.1) is 21.2 Å². The van der Waals surface area contributed by atoms with Gasteiger partial charge in [0.2, 0.25) is 10.0 Å². The zero-order valence-corrected chi connectivity index (χ0v) is 19.4. The molecule has 2 unspecified atom stereocenters. The Morgan fingerprint density at radius 2 is 1.50 bits per heavy atom. The summed E-state index contributed by atoms with van der Waals surface area (Å²) in [5, 5.41) is 0. The molecule has 164 valence electrons. The second-order valence-electron chi connectivity index (χ2n) is 8.07. The van der Waals surface area contributed by atoms with Crippen LogP contribution >= 0.6 is 0 Å². The fraction of sp³-hybridized carbons (Fsp3) is 0.429. The summed E-state index contributed by atoms with van der Waals surface area (Å²) in [4.78, 5) is 2.27. The van der Waals surface area contributed by atoms with Gasteiger partial charge in [0.15, 0.2) is 0 Å². The molecule has 2 atom stereocenters. The van der Waals surface area contributed by atoms with Crippen LogP contribution in [0.15, 0.2) is 58.3 Å². The largest absolute Gasteiger partial charge is 0.370 e. The Balaban J connectivity index is 1.86. The third-order valence-corrected chi connectivity index (χ3v) is 8.95. The molecule has 0 spiro atoms. The minimum absolute atomic E-state index is 0.00986. The second kappa shape index (κ2) is 8.56. The van der Waals surface area contributed by atoms with Gasteiger partial charge in [-0.05, 0) is 54.7 Å². The van der Waals surface area contributed by atoms with Crippen LogP contribution in [0, 0.1) is 11.8 Å². The number of hydrogen-bond donors (Lipinski definition) is 1. The molecule has 1 aliphatic rings. The highest BCUT2D eigenvalue weighted by Gasteiger charge is 2.26. The Morgan fingerprint density at radius 3 is 2.10 bits per heavy atom. The van der Waals surface area contributed by atoms with E-state index in [4.69, 9.17) is 0 Å². The van der Waals surface area contributed by atoms with Crippen molar-refractivity contribution in [3.8, 4) is 0 Å². The molecule has 0 bridgehead atoms. The van der Waals surface area contributed by atoms with Crippen molar-refractivity contribution in [1.29, 1.82) is 0 Å². The van der Waals surface area contributed by atoms with E-state index in [9.17, 15) is 16.8 Å². The van der Waals surface area contributed by atoms with E-state index in [2.05, 4.69) is 23.5 Å². The molecule has 1 fully saturated rings. The molecule has 30 heavy (non-hydrogen) atoms. The summed E-state index contributed by atoms with van der Waals surface area (Å²) >= 11 is 0. The van der Waals surface area contributed by atoms with E-state index in [1.54, 1.807) is 12.1 Å². The predicted molar refractivity (Wildman–Crippen MR) is 120 cm³/mol. The SMILES string of the molecule is CC1CCN(c2ccccc2NS(=O)(=O)c2ccc(S(=O)(=O)N(C)C)cc2)CC1C. The fourth-order valence-electron chi connectivity index (χ4n) is 3.52. The molecule has 0 aromatic heterocycles. The Labute approximate surface area is 179 Å². The normalized spacial score (nSPS) is 20.4. The van der Waals surface area contributed by atoms with Crippen molar-refractivity contribution in [2.75, 3.05) is 36.8 Å². The molecule has 0 amide bonds. The van der Waals surface area contributed by atoms with Gasteiger partial charge >= 0.3 is 0 Å². The molecule has 0 saturated carbocycles. The van der Waals surface area contributed by atoms with Crippen LogP contribution in [0.25, 0.3) is 0 Å². The van der Waals surface area contributed by atoms with Gasteiger partial charge in [0.25, 0.3) is 10.0 Å². The maximum absolute atomic E-state index is 13.0. The average molecular weight is 452 g/mol. The number of nitrogens with zero attached hydrogens (tertiary/aromatic N) is 2. The van der Waals surface area contributed by atoms with Crippen LogP contribution in [-0.4, -0.2) is 48.3 Å². The van der Waals surface area contributed by atoms with Gasteiger partial charge in [0.1, 0.15) is 0 Å². The summed E-state index contributed by atoms with van der Waals surface area (Å²) in [7, 11) is -4.62. The molecule has 2 aromatic rings. The topological polar surface area (TPSA) is 86.8 Å². The first kappa shape index (κ1) is 22.6. The standard InChI is InChI=1S/C21H29N3O4S2/c1-16-13-14-24(15-17(16)2)21-8-6-5-7-20(21)22-29(25,26)18-9-11-19(12-10-18)30(27,28)23(3)4/h5-12,16-17,22H,13-15H2,1-4H3. The molecular weight excluding hydrogens is 422 g/mol. The minimum Gasteiger partial charge on any atom is -0.370 e. The molecule has 9 heteroatoms. The Kier molecular flexibility index (Phi) is 6.45. The first-order valence-electron chi connectivity index (χ1n) is 9.92. The third kappa shape index (κ3) is 4.63. The van der Waals surface area contributed by atoms with Gasteiger partial charge < -0.3 is 4.90 Å². The lowest BCUT2D eigenvalue weighted by Crippen LogP contribution is -2.38. The van der Waals surface area contributed by atoms with E-state index in [-0.39, 0.29) is 9.79 Å². The summed E-state index contributed by atoms with van der Waals surface area (Å²) in [5.74, 6) is 1.16. The van der Waals surface area contributed by atoms with Gasteiger partial charge in [0, 0.05) is 27.2 Å². The summed E-state index contributed by atoms with van der Waals surface area (Å²) in [6.07, 6.45) is 1.06. The lowest BCUT2D eigenvalue weighted by atomic mass is 9.88. The molecule has 1 heterocycles. The molecule has 0 radical (unpaired) electrons. The first-order valence-corrected chi connectivity index (χ1v) is 12.8. The van der Waals surface area contributed by atoms with Crippen LogP contribution in [0.5, 0.6) is 0 Å². The first-order chi connectivity index (χ1) is 14.0. The van der Waals surface area contributed by atoms with Crippen LogP contribution in [0.2, 0.25) is 0 Å². The minimum atomic E-state index is -3.87. The lowest BCUT2D eigenvalue weighted by molar-refractivity contribution is 0.324. The fourth-order valence-corrected chi connectivity index (χ4v) is 5.50. The quantitative estimate of drug-likeness (QED) is 0.729. The van der Waals surface area contributed by atoms with Crippen molar-refractivity contribution in [1.82, 2.24) is 4.31 Å². The summed E-state index contributed by atoms with van der Waals surface area (Å²) < 4.78 is 54.1. The molecule has 2 aromatic carbocycles. The van der Waals surface area contributed by atoms with Gasteiger partial charge in [-0.2, -0.15) is 0 Å². The molecule has 1 aliphatic heterocycles. The van der Waals surface area contributed by atoms with Gasteiger partial charge in [-0.15, -0.1) is 0 Å². The maximum Gasteiger partial charge on any atom is 0.261 e. The molecule has 1 N–H and O–H groups in total. The van der Waals surface area contributed by atoms with Crippen molar-refractivity contribution in [2.45, 2.75) is 30.1 Å². The van der Waals surface area contributed by atoms with Gasteiger partial charge in [-0.25, -0.2) is 21.1 Å². The van der Waals surface area contributed by atoms with E-state index >= 15 is 0 Å². The van der Waals surface area contributed by atoms with Crippen molar-refractivity contribution >= 4 is 31.4 Å². The van der Waals surface area contributed by atoms with Crippen LogP contribution in [0.3, 0.4) is 0 Å². The number of rotatable bonds is 6. The second-order valence-corrected chi connectivity index (χ2v) is 11.9. The highest BCUT2D eigenvalue weighted by Crippen LogP contribution is 2.33. The molecule has 3 rings (SSSR count). The molecule has 0 aliphatic carbocycles. The number of para-hydroxylation sites is 2. The Morgan fingerprint density at radius 1 is 0.900 bits per heavy atom. The summed E-state index contributed by atoms with van der Waals surface area (Å²) in [6, 6.07) is 12.6. The van der Waals surface area contributed by atoms with E-state index < -0.39 is 20.0 Å². The van der Waals surface area contributed by atoms with Crippen LogP contribution in [-0.2, 0) is 20.0 Å². The summed E-state index contributed by atoms with van der Waals surface area (Å²) in [5.41, 5.74) is 1.37. The highest BCUT2D eigenvalue weighted by molar-refractivity contribution is 7.92. The van der Waals surface area contributed by atoms with Crippen molar-refractivity contribution < 1.29 is 16.8 Å². The average Bonchev–Trinajstić information content (AvgIpc) is 2.70. The molecule has 1 saturated heterocycles. The number of sulfonamides is 2. The number of benzene rings is 2. The molecule has 7 nitrogen and oxygen atoms in total. The van der Waals surface area contributed by atoms with Crippen molar-refractivity contribution in [2.24, 2.45) is 11.8 Å². The number of anilines is 2. The zero-order chi connectivity index (χ0) is 22.1. The van der Waals surface area contributed by atoms with Crippen molar-refractivity contribution in [3.05, 3.63) is 48.5 Å². The number of hydrogen-bond acceptors (Lipinski definition) is 5. The predicted octanol–water partition coefficient (Wildman–Crippen LogP) is 3.22. The van der Waals surface area contributed by atoms with E-state index in [0.29, 0.717) is 17.5 Å². The van der Waals surface area contributed by atoms with Crippen LogP contribution < -0.4 is 9.62 Å². The Bertz CT molecular complexity index is 1100. The maximum atomic E-state index is 13.0. The van der Waals surface area contributed by atoms with Gasteiger partial charge in [-0.1, -0.05) is 26.0 Å². The highest BCUT2D eigenvalue weighted by atomic mass is 32.2. The number of nitrogens with one attached hydrogen (secondary N) is 1. The lowest BCUT2D eigenvalue weighted by Gasteiger charge is -2.37. The van der Waals surface area contributed by atoms with E-state index in [0.717, 1.165) is 29.5 Å². The smallest absolute Gasteiger partial charge is 0.261 e. The zero-order valence-electron chi connectivity index (χ0n) is 17.7. The third-order valence-electron chi connectivity index (χ3n) is 5.74. The summed E-state index contributed by atoms with van der Waals surface area (Å²) in [6.45, 7) is 6.21. The Hall–Kier alpha value is -2.10.